The van der Waals surface area contributed by atoms with Gasteiger partial charge in [-0.2, -0.15) is 4.31 Å². The van der Waals surface area contributed by atoms with Gasteiger partial charge in [-0.15, -0.1) is 11.3 Å². The number of halogens is 1. The molecule has 7 heteroatoms. The van der Waals surface area contributed by atoms with Crippen LogP contribution in [0.25, 0.3) is 0 Å². The predicted molar refractivity (Wildman–Crippen MR) is 79.2 cm³/mol. The van der Waals surface area contributed by atoms with Gasteiger partial charge in [0.25, 0.3) is 0 Å². The number of hydrogen-bond donors (Lipinski definition) is 0. The minimum absolute atomic E-state index is 0.150. The van der Waals surface area contributed by atoms with Crippen molar-refractivity contribution in [3.63, 3.8) is 0 Å². The lowest BCUT2D eigenvalue weighted by molar-refractivity contribution is 0.319. The molecule has 0 amide bonds. The Morgan fingerprint density at radius 1 is 1.19 bits per heavy atom. The normalized spacial score (nSPS) is 18.0. The number of hydrogen-bond acceptors (Lipinski definition) is 4. The van der Waals surface area contributed by atoms with E-state index in [1.807, 2.05) is 5.38 Å². The first-order valence-electron chi connectivity index (χ1n) is 6.72. The molecule has 112 valence electrons. The lowest BCUT2D eigenvalue weighted by atomic mass is 9.99. The van der Waals surface area contributed by atoms with Gasteiger partial charge in [0.15, 0.2) is 0 Å². The first-order valence-corrected chi connectivity index (χ1v) is 9.04. The Morgan fingerprint density at radius 2 is 1.86 bits per heavy atom. The Hall–Kier alpha value is -1.31. The number of thiazole rings is 1. The van der Waals surface area contributed by atoms with Crippen molar-refractivity contribution >= 4 is 21.4 Å². The molecule has 1 aromatic carbocycles. The molecule has 3 rings (SSSR count). The van der Waals surface area contributed by atoms with Crippen LogP contribution in [0.5, 0.6) is 0 Å². The smallest absolute Gasteiger partial charge is 0.243 e. The first kappa shape index (κ1) is 14.6. The van der Waals surface area contributed by atoms with Gasteiger partial charge in [0.2, 0.25) is 10.0 Å². The summed E-state index contributed by atoms with van der Waals surface area (Å²) >= 11 is 1.62. The molecule has 21 heavy (non-hydrogen) atoms. The molecule has 0 bridgehead atoms. The number of piperidine rings is 1. The molecule has 0 atom stereocenters. The summed E-state index contributed by atoms with van der Waals surface area (Å²) < 4.78 is 39.4. The molecule has 0 N–H and O–H groups in total. The van der Waals surface area contributed by atoms with Crippen LogP contribution in [0.3, 0.4) is 0 Å². The fraction of sp³-hybridized carbons (Fsp3) is 0.357. The fourth-order valence-electron chi connectivity index (χ4n) is 2.53. The summed E-state index contributed by atoms with van der Waals surface area (Å²) in [5.41, 5.74) is 0. The quantitative estimate of drug-likeness (QED) is 0.871. The predicted octanol–water partition coefficient (Wildman–Crippen LogP) is 2.85. The van der Waals surface area contributed by atoms with Crippen molar-refractivity contribution in [3.05, 3.63) is 46.7 Å². The molecular weight excluding hydrogens is 311 g/mol. The third kappa shape index (κ3) is 3.00. The summed E-state index contributed by atoms with van der Waals surface area (Å²) in [6, 6.07) is 4.99. The van der Waals surface area contributed by atoms with Crippen molar-refractivity contribution in [1.82, 2.24) is 9.29 Å². The largest absolute Gasteiger partial charge is 0.249 e. The van der Waals surface area contributed by atoms with Crippen molar-refractivity contribution in [2.75, 3.05) is 13.1 Å². The molecule has 1 aromatic heterocycles. The van der Waals surface area contributed by atoms with Crippen molar-refractivity contribution < 1.29 is 12.8 Å². The maximum absolute atomic E-state index is 12.9. The first-order chi connectivity index (χ1) is 10.1. The van der Waals surface area contributed by atoms with Gasteiger partial charge in [-0.1, -0.05) is 0 Å². The van der Waals surface area contributed by atoms with Crippen LogP contribution in [0.4, 0.5) is 4.39 Å². The highest BCUT2D eigenvalue weighted by molar-refractivity contribution is 7.89. The third-order valence-electron chi connectivity index (χ3n) is 3.71. The van der Waals surface area contributed by atoms with Crippen molar-refractivity contribution in [2.45, 2.75) is 23.7 Å². The van der Waals surface area contributed by atoms with E-state index in [0.717, 1.165) is 17.8 Å². The number of benzene rings is 1. The fourth-order valence-corrected chi connectivity index (χ4v) is 4.82. The van der Waals surface area contributed by atoms with E-state index in [-0.39, 0.29) is 4.90 Å². The van der Waals surface area contributed by atoms with Crippen LogP contribution in [-0.4, -0.2) is 30.8 Å². The molecule has 4 nitrogen and oxygen atoms in total. The van der Waals surface area contributed by atoms with Crippen molar-refractivity contribution in [3.8, 4) is 0 Å². The zero-order valence-electron chi connectivity index (χ0n) is 11.3. The van der Waals surface area contributed by atoms with Gasteiger partial charge in [0.05, 0.1) is 9.90 Å². The Morgan fingerprint density at radius 3 is 2.43 bits per heavy atom. The zero-order valence-corrected chi connectivity index (χ0v) is 12.9. The minimum atomic E-state index is -3.52. The van der Waals surface area contributed by atoms with E-state index in [4.69, 9.17) is 0 Å². The van der Waals surface area contributed by atoms with Crippen LogP contribution >= 0.6 is 11.3 Å². The van der Waals surface area contributed by atoms with Gasteiger partial charge in [0.1, 0.15) is 5.82 Å². The molecule has 0 saturated carbocycles. The lowest BCUT2D eigenvalue weighted by Gasteiger charge is -2.30. The second-order valence-electron chi connectivity index (χ2n) is 5.00. The Kier molecular flexibility index (Phi) is 4.05. The Labute approximate surface area is 127 Å². The monoisotopic (exact) mass is 326 g/mol. The average molecular weight is 326 g/mol. The van der Waals surface area contributed by atoms with E-state index in [9.17, 15) is 12.8 Å². The Bertz CT molecular complexity index is 691. The molecule has 1 aliphatic heterocycles. The van der Waals surface area contributed by atoms with E-state index in [1.165, 1.54) is 28.6 Å². The molecule has 2 aromatic rings. The van der Waals surface area contributed by atoms with Gasteiger partial charge in [0, 0.05) is 30.6 Å². The zero-order chi connectivity index (χ0) is 14.9. The van der Waals surface area contributed by atoms with Gasteiger partial charge in [-0.05, 0) is 37.1 Å². The van der Waals surface area contributed by atoms with Gasteiger partial charge in [-0.3, -0.25) is 0 Å². The van der Waals surface area contributed by atoms with Crippen molar-refractivity contribution in [2.24, 2.45) is 0 Å². The molecule has 2 heterocycles. The van der Waals surface area contributed by atoms with Crippen LogP contribution in [0.1, 0.15) is 23.8 Å². The summed E-state index contributed by atoms with van der Waals surface area (Å²) in [6.07, 6.45) is 3.32. The summed E-state index contributed by atoms with van der Waals surface area (Å²) in [5.74, 6) is -0.0962. The number of aromatic nitrogens is 1. The van der Waals surface area contributed by atoms with Crippen molar-refractivity contribution in [1.29, 1.82) is 0 Å². The highest BCUT2D eigenvalue weighted by Gasteiger charge is 2.30. The number of nitrogens with zero attached hydrogens (tertiary/aromatic N) is 2. The highest BCUT2D eigenvalue weighted by Crippen LogP contribution is 2.31. The minimum Gasteiger partial charge on any atom is -0.249 e. The van der Waals surface area contributed by atoms with E-state index in [0.29, 0.717) is 19.0 Å². The van der Waals surface area contributed by atoms with Crippen LogP contribution in [-0.2, 0) is 10.0 Å². The summed E-state index contributed by atoms with van der Waals surface area (Å²) in [7, 11) is -3.52. The maximum Gasteiger partial charge on any atom is 0.243 e. The molecular formula is C14H15FN2O2S2. The molecule has 1 aliphatic rings. The average Bonchev–Trinajstić information content (AvgIpc) is 3.02. The molecule has 0 aliphatic carbocycles. The third-order valence-corrected chi connectivity index (χ3v) is 6.56. The van der Waals surface area contributed by atoms with E-state index in [1.54, 1.807) is 17.5 Å². The molecule has 1 fully saturated rings. The Balaban J connectivity index is 1.72. The van der Waals surface area contributed by atoms with Gasteiger partial charge in [-0.25, -0.2) is 17.8 Å². The molecule has 1 saturated heterocycles. The number of rotatable bonds is 3. The van der Waals surface area contributed by atoms with E-state index >= 15 is 0 Å². The van der Waals surface area contributed by atoms with E-state index in [2.05, 4.69) is 4.98 Å². The van der Waals surface area contributed by atoms with E-state index < -0.39 is 15.8 Å². The number of sulfonamides is 1. The second kappa shape index (κ2) is 5.82. The second-order valence-corrected chi connectivity index (χ2v) is 7.87. The SMILES string of the molecule is O=S(=O)(c1ccc(F)cc1)N1CCC(c2nccs2)CC1. The van der Waals surface area contributed by atoms with Gasteiger partial charge < -0.3 is 0 Å². The van der Waals surface area contributed by atoms with Crippen LogP contribution in [0, 0.1) is 5.82 Å². The molecule has 0 radical (unpaired) electrons. The highest BCUT2D eigenvalue weighted by atomic mass is 32.2. The van der Waals surface area contributed by atoms with Crippen LogP contribution in [0.2, 0.25) is 0 Å². The topological polar surface area (TPSA) is 50.3 Å². The lowest BCUT2D eigenvalue weighted by Crippen LogP contribution is -2.37. The summed E-state index contributed by atoms with van der Waals surface area (Å²) in [4.78, 5) is 4.45. The molecule has 0 spiro atoms. The van der Waals surface area contributed by atoms with Crippen LogP contribution in [0.15, 0.2) is 40.7 Å². The molecule has 0 unspecified atom stereocenters. The van der Waals surface area contributed by atoms with Crippen LogP contribution < -0.4 is 0 Å². The summed E-state index contributed by atoms with van der Waals surface area (Å²) in [6.45, 7) is 0.952. The summed E-state index contributed by atoms with van der Waals surface area (Å²) in [5, 5.41) is 3.02. The maximum atomic E-state index is 12.9. The standard InChI is InChI=1S/C14H15FN2O2S2/c15-12-1-3-13(4-2-12)21(18,19)17-8-5-11(6-9-17)14-16-7-10-20-14/h1-4,7,10-11H,5-6,8-9H2. The van der Waals surface area contributed by atoms with Gasteiger partial charge >= 0.3 is 0 Å².